The molecule has 0 aliphatic rings. The molecule has 0 fully saturated rings. The number of para-hydroxylation sites is 1. The second-order valence-corrected chi connectivity index (χ2v) is 4.41. The van der Waals surface area contributed by atoms with E-state index < -0.39 is 0 Å². The first-order valence-corrected chi connectivity index (χ1v) is 6.16. The molecule has 0 amide bonds. The number of hydrogen-bond acceptors (Lipinski definition) is 3. The van der Waals surface area contributed by atoms with Crippen LogP contribution in [-0.4, -0.2) is 22.7 Å². The zero-order chi connectivity index (χ0) is 14.1. The van der Waals surface area contributed by atoms with Gasteiger partial charge in [-0.15, -0.1) is 0 Å². The van der Waals surface area contributed by atoms with Gasteiger partial charge in [0.05, 0.1) is 24.5 Å². The van der Waals surface area contributed by atoms with Gasteiger partial charge in [0.2, 0.25) is 0 Å². The number of aromatic nitrogens is 2. The van der Waals surface area contributed by atoms with E-state index in [2.05, 4.69) is 5.10 Å². The van der Waals surface area contributed by atoms with Gasteiger partial charge in [-0.1, -0.05) is 18.2 Å². The van der Waals surface area contributed by atoms with Crippen LogP contribution in [0.15, 0.2) is 48.7 Å². The lowest BCUT2D eigenvalue weighted by atomic mass is 10.1. The average molecular weight is 266 g/mol. The molecule has 0 unspecified atom stereocenters. The Morgan fingerprint density at radius 3 is 2.80 bits per heavy atom. The Bertz CT molecular complexity index is 791. The summed E-state index contributed by atoms with van der Waals surface area (Å²) in [4.78, 5) is 0. The Labute approximate surface area is 116 Å². The van der Waals surface area contributed by atoms with Crippen molar-refractivity contribution >= 4 is 16.7 Å². The molecule has 3 aromatic rings. The molecule has 0 aliphatic carbocycles. The standard InChI is InChI=1S/C15H14N4O/c1-20-11-6-7-12(15(16)17)14(8-11)19-13-5-3-2-4-10(13)9-18-19/h2-9H,1H3,(H3,16,17). The Balaban J connectivity index is 2.29. The molecule has 3 N–H and O–H groups in total. The highest BCUT2D eigenvalue weighted by molar-refractivity contribution is 5.99. The van der Waals surface area contributed by atoms with Crippen molar-refractivity contribution in [1.29, 1.82) is 5.41 Å². The van der Waals surface area contributed by atoms with Gasteiger partial charge in [0.1, 0.15) is 11.6 Å². The van der Waals surface area contributed by atoms with Gasteiger partial charge < -0.3 is 10.5 Å². The summed E-state index contributed by atoms with van der Waals surface area (Å²) in [5.41, 5.74) is 7.98. The fourth-order valence-electron chi connectivity index (χ4n) is 2.21. The number of amidine groups is 1. The Kier molecular flexibility index (Phi) is 2.87. The van der Waals surface area contributed by atoms with Gasteiger partial charge in [-0.25, -0.2) is 4.68 Å². The van der Waals surface area contributed by atoms with Crippen LogP contribution < -0.4 is 10.5 Å². The summed E-state index contributed by atoms with van der Waals surface area (Å²) in [6.07, 6.45) is 1.79. The Hall–Kier alpha value is -2.82. The molecule has 5 nitrogen and oxygen atoms in total. The minimum Gasteiger partial charge on any atom is -0.497 e. The molecule has 1 heterocycles. The van der Waals surface area contributed by atoms with Crippen LogP contribution >= 0.6 is 0 Å². The predicted octanol–water partition coefficient (Wildman–Crippen LogP) is 2.32. The van der Waals surface area contributed by atoms with Gasteiger partial charge in [0.15, 0.2) is 0 Å². The fourth-order valence-corrected chi connectivity index (χ4v) is 2.21. The van der Waals surface area contributed by atoms with Crippen LogP contribution in [-0.2, 0) is 0 Å². The fraction of sp³-hybridized carbons (Fsp3) is 0.0667. The molecule has 3 rings (SSSR count). The molecule has 100 valence electrons. The van der Waals surface area contributed by atoms with Crippen LogP contribution in [0.2, 0.25) is 0 Å². The highest BCUT2D eigenvalue weighted by Crippen LogP contribution is 2.24. The van der Waals surface area contributed by atoms with E-state index in [1.165, 1.54) is 0 Å². The second kappa shape index (κ2) is 4.70. The van der Waals surface area contributed by atoms with Gasteiger partial charge in [0.25, 0.3) is 0 Å². The van der Waals surface area contributed by atoms with E-state index in [1.807, 2.05) is 30.3 Å². The first-order chi connectivity index (χ1) is 9.70. The minimum atomic E-state index is 0.00207. The van der Waals surface area contributed by atoms with Crippen molar-refractivity contribution in [3.8, 4) is 11.4 Å². The number of nitrogens with zero attached hydrogens (tertiary/aromatic N) is 2. The van der Waals surface area contributed by atoms with Crippen LogP contribution in [0.3, 0.4) is 0 Å². The van der Waals surface area contributed by atoms with E-state index in [0.29, 0.717) is 11.3 Å². The Morgan fingerprint density at radius 1 is 1.25 bits per heavy atom. The van der Waals surface area contributed by atoms with Gasteiger partial charge in [-0.2, -0.15) is 5.10 Å². The highest BCUT2D eigenvalue weighted by atomic mass is 16.5. The van der Waals surface area contributed by atoms with Crippen molar-refractivity contribution in [2.24, 2.45) is 5.73 Å². The molecule has 0 saturated heterocycles. The third-order valence-electron chi connectivity index (χ3n) is 3.20. The maximum absolute atomic E-state index is 7.71. The molecular weight excluding hydrogens is 252 g/mol. The summed E-state index contributed by atoms with van der Waals surface area (Å²) in [7, 11) is 1.60. The predicted molar refractivity (Wildman–Crippen MR) is 78.6 cm³/mol. The molecule has 5 heteroatoms. The smallest absolute Gasteiger partial charge is 0.124 e. The minimum absolute atomic E-state index is 0.00207. The number of fused-ring (bicyclic) bond motifs is 1. The monoisotopic (exact) mass is 266 g/mol. The Morgan fingerprint density at radius 2 is 2.05 bits per heavy atom. The number of ether oxygens (including phenoxy) is 1. The van der Waals surface area contributed by atoms with E-state index in [9.17, 15) is 0 Å². The number of rotatable bonds is 3. The zero-order valence-electron chi connectivity index (χ0n) is 11.0. The van der Waals surface area contributed by atoms with Crippen LogP contribution in [0.4, 0.5) is 0 Å². The highest BCUT2D eigenvalue weighted by Gasteiger charge is 2.12. The quantitative estimate of drug-likeness (QED) is 0.564. The maximum atomic E-state index is 7.71. The number of hydrogen-bond donors (Lipinski definition) is 2. The normalized spacial score (nSPS) is 10.7. The third-order valence-corrected chi connectivity index (χ3v) is 3.20. The van der Waals surface area contributed by atoms with E-state index in [1.54, 1.807) is 30.1 Å². The van der Waals surface area contributed by atoms with E-state index in [-0.39, 0.29) is 5.84 Å². The van der Waals surface area contributed by atoms with Crippen molar-refractivity contribution in [1.82, 2.24) is 9.78 Å². The lowest BCUT2D eigenvalue weighted by molar-refractivity contribution is 0.414. The maximum Gasteiger partial charge on any atom is 0.124 e. The van der Waals surface area contributed by atoms with Gasteiger partial charge in [-0.05, 0) is 18.2 Å². The summed E-state index contributed by atoms with van der Waals surface area (Å²) in [5, 5.41) is 13.1. The van der Waals surface area contributed by atoms with E-state index in [4.69, 9.17) is 15.9 Å². The van der Waals surface area contributed by atoms with Crippen molar-refractivity contribution in [2.75, 3.05) is 7.11 Å². The molecule has 0 spiro atoms. The molecule has 0 aliphatic heterocycles. The first-order valence-electron chi connectivity index (χ1n) is 6.16. The summed E-state index contributed by atoms with van der Waals surface area (Å²) in [5.74, 6) is 0.701. The molecular formula is C15H14N4O. The van der Waals surface area contributed by atoms with Gasteiger partial charge in [0, 0.05) is 17.0 Å². The number of nitrogen functional groups attached to an aromatic ring is 1. The van der Waals surface area contributed by atoms with Crippen molar-refractivity contribution in [2.45, 2.75) is 0 Å². The van der Waals surface area contributed by atoms with E-state index >= 15 is 0 Å². The van der Waals surface area contributed by atoms with Crippen molar-refractivity contribution in [3.05, 3.63) is 54.2 Å². The van der Waals surface area contributed by atoms with Crippen LogP contribution in [0.5, 0.6) is 5.75 Å². The summed E-state index contributed by atoms with van der Waals surface area (Å²) in [6.45, 7) is 0. The number of benzene rings is 2. The largest absolute Gasteiger partial charge is 0.497 e. The third kappa shape index (κ3) is 1.89. The van der Waals surface area contributed by atoms with Crippen molar-refractivity contribution in [3.63, 3.8) is 0 Å². The number of nitrogens with two attached hydrogens (primary N) is 1. The lowest BCUT2D eigenvalue weighted by Crippen LogP contribution is -2.15. The summed E-state index contributed by atoms with van der Waals surface area (Å²) in [6, 6.07) is 13.3. The van der Waals surface area contributed by atoms with Gasteiger partial charge >= 0.3 is 0 Å². The molecule has 0 radical (unpaired) electrons. The SMILES string of the molecule is COc1ccc(C(=N)N)c(-n2ncc3ccccc32)c1. The van der Waals surface area contributed by atoms with Crippen LogP contribution in [0, 0.1) is 5.41 Å². The number of methoxy groups -OCH3 is 1. The molecule has 1 aromatic heterocycles. The lowest BCUT2D eigenvalue weighted by Gasteiger charge is -2.11. The molecule has 0 saturated carbocycles. The summed E-state index contributed by atoms with van der Waals surface area (Å²) >= 11 is 0. The average Bonchev–Trinajstić information content (AvgIpc) is 2.90. The van der Waals surface area contributed by atoms with Crippen molar-refractivity contribution < 1.29 is 4.74 Å². The molecule has 0 atom stereocenters. The zero-order valence-corrected chi connectivity index (χ0v) is 11.0. The molecule has 20 heavy (non-hydrogen) atoms. The van der Waals surface area contributed by atoms with Gasteiger partial charge in [-0.3, -0.25) is 5.41 Å². The van der Waals surface area contributed by atoms with Crippen LogP contribution in [0.25, 0.3) is 16.6 Å². The second-order valence-electron chi connectivity index (χ2n) is 4.41. The number of nitrogens with one attached hydrogen (secondary N) is 1. The topological polar surface area (TPSA) is 76.9 Å². The molecule has 0 bridgehead atoms. The first kappa shape index (κ1) is 12.2. The van der Waals surface area contributed by atoms with E-state index in [0.717, 1.165) is 16.6 Å². The summed E-state index contributed by atoms with van der Waals surface area (Å²) < 4.78 is 7.02. The van der Waals surface area contributed by atoms with Crippen LogP contribution in [0.1, 0.15) is 5.56 Å². The molecule has 2 aromatic carbocycles.